The smallest absolute Gasteiger partial charge is 0.395 e. The first kappa shape index (κ1) is 12.6. The SMILES string of the molecule is O=c1c2cccc(C(F)(F)F)c2ncn1CCO. The van der Waals surface area contributed by atoms with Crippen molar-refractivity contribution in [3.8, 4) is 0 Å². The molecule has 1 heterocycles. The molecule has 0 aliphatic rings. The fraction of sp³-hybridized carbons (Fsp3) is 0.273. The average Bonchev–Trinajstić information content (AvgIpc) is 2.31. The van der Waals surface area contributed by atoms with E-state index in [-0.39, 0.29) is 24.1 Å². The van der Waals surface area contributed by atoms with Crippen LogP contribution < -0.4 is 5.56 Å². The lowest BCUT2D eigenvalue weighted by Gasteiger charge is -2.10. The van der Waals surface area contributed by atoms with Gasteiger partial charge >= 0.3 is 6.18 Å². The van der Waals surface area contributed by atoms with Crippen molar-refractivity contribution in [2.75, 3.05) is 6.61 Å². The van der Waals surface area contributed by atoms with E-state index in [0.717, 1.165) is 23.0 Å². The number of hydrogen-bond acceptors (Lipinski definition) is 3. The van der Waals surface area contributed by atoms with Crippen molar-refractivity contribution < 1.29 is 18.3 Å². The highest BCUT2D eigenvalue weighted by Crippen LogP contribution is 2.32. The van der Waals surface area contributed by atoms with Crippen molar-refractivity contribution in [1.29, 1.82) is 0 Å². The van der Waals surface area contributed by atoms with Gasteiger partial charge in [-0.1, -0.05) is 6.07 Å². The Balaban J connectivity index is 2.75. The van der Waals surface area contributed by atoms with E-state index in [4.69, 9.17) is 5.11 Å². The minimum absolute atomic E-state index is 0.00197. The van der Waals surface area contributed by atoms with Gasteiger partial charge in [-0.15, -0.1) is 0 Å². The number of rotatable bonds is 2. The van der Waals surface area contributed by atoms with Gasteiger partial charge in [-0.25, -0.2) is 4.98 Å². The molecular formula is C11H9F3N2O2. The number of aliphatic hydroxyl groups excluding tert-OH is 1. The molecule has 0 saturated heterocycles. The van der Waals surface area contributed by atoms with Crippen LogP contribution in [0.2, 0.25) is 0 Å². The fourth-order valence-electron chi connectivity index (χ4n) is 1.69. The van der Waals surface area contributed by atoms with E-state index in [1.807, 2.05) is 0 Å². The maximum absolute atomic E-state index is 12.7. The molecule has 0 aliphatic heterocycles. The highest BCUT2D eigenvalue weighted by Gasteiger charge is 2.33. The van der Waals surface area contributed by atoms with Crippen LogP contribution >= 0.6 is 0 Å². The van der Waals surface area contributed by atoms with Crippen LogP contribution in [0.25, 0.3) is 10.9 Å². The third kappa shape index (κ3) is 2.08. The van der Waals surface area contributed by atoms with Gasteiger partial charge in [-0.05, 0) is 12.1 Å². The second kappa shape index (κ2) is 4.41. The molecule has 1 aromatic carbocycles. The molecule has 0 unspecified atom stereocenters. The Morgan fingerprint density at radius 1 is 1.33 bits per heavy atom. The van der Waals surface area contributed by atoms with Crippen LogP contribution in [-0.4, -0.2) is 21.3 Å². The van der Waals surface area contributed by atoms with Crippen LogP contribution in [0.5, 0.6) is 0 Å². The normalized spacial score (nSPS) is 12.0. The molecule has 1 N–H and O–H groups in total. The lowest BCUT2D eigenvalue weighted by atomic mass is 10.1. The van der Waals surface area contributed by atoms with Gasteiger partial charge in [0.05, 0.1) is 35.9 Å². The van der Waals surface area contributed by atoms with E-state index in [1.54, 1.807) is 0 Å². The Hall–Kier alpha value is -1.89. The molecule has 0 aliphatic carbocycles. The molecule has 96 valence electrons. The number of aliphatic hydroxyl groups is 1. The van der Waals surface area contributed by atoms with Crippen molar-refractivity contribution in [2.45, 2.75) is 12.7 Å². The number of fused-ring (bicyclic) bond motifs is 1. The first-order valence-corrected chi connectivity index (χ1v) is 5.11. The Morgan fingerprint density at radius 3 is 2.67 bits per heavy atom. The zero-order valence-electron chi connectivity index (χ0n) is 9.11. The summed E-state index contributed by atoms with van der Waals surface area (Å²) in [7, 11) is 0. The summed E-state index contributed by atoms with van der Waals surface area (Å²) in [5, 5.41) is 8.62. The molecule has 0 fully saturated rings. The van der Waals surface area contributed by atoms with Gasteiger partial charge in [0.1, 0.15) is 0 Å². The van der Waals surface area contributed by atoms with E-state index >= 15 is 0 Å². The van der Waals surface area contributed by atoms with Crippen LogP contribution in [0.3, 0.4) is 0 Å². The Bertz CT molecular complexity index is 634. The first-order chi connectivity index (χ1) is 8.45. The maximum Gasteiger partial charge on any atom is 0.418 e. The van der Waals surface area contributed by atoms with Gasteiger partial charge in [0.15, 0.2) is 0 Å². The van der Waals surface area contributed by atoms with Gasteiger partial charge in [0.25, 0.3) is 5.56 Å². The van der Waals surface area contributed by atoms with Gasteiger partial charge in [0.2, 0.25) is 0 Å². The Kier molecular flexibility index (Phi) is 3.08. The summed E-state index contributed by atoms with van der Waals surface area (Å²) in [6.45, 7) is -0.288. The number of halogens is 3. The number of para-hydroxylation sites is 1. The van der Waals surface area contributed by atoms with E-state index in [9.17, 15) is 18.0 Å². The summed E-state index contributed by atoms with van der Waals surface area (Å²) in [5.41, 5.74) is -1.91. The Labute approximate surface area is 99.3 Å². The predicted octanol–water partition coefficient (Wildman–Crippen LogP) is 1.41. The number of nitrogens with zero attached hydrogens (tertiary/aromatic N) is 2. The molecule has 18 heavy (non-hydrogen) atoms. The lowest BCUT2D eigenvalue weighted by molar-refractivity contribution is -0.136. The second-order valence-electron chi connectivity index (χ2n) is 3.67. The number of aromatic nitrogens is 2. The molecule has 7 heteroatoms. The Morgan fingerprint density at radius 2 is 2.06 bits per heavy atom. The van der Waals surface area contributed by atoms with Gasteiger partial charge < -0.3 is 5.11 Å². The van der Waals surface area contributed by atoms with Crippen molar-refractivity contribution in [2.24, 2.45) is 0 Å². The summed E-state index contributed by atoms with van der Waals surface area (Å²) in [6.07, 6.45) is -3.54. The van der Waals surface area contributed by atoms with Crippen LogP contribution in [-0.2, 0) is 12.7 Å². The van der Waals surface area contributed by atoms with Crippen LogP contribution in [0.1, 0.15) is 5.56 Å². The van der Waals surface area contributed by atoms with E-state index in [0.29, 0.717) is 0 Å². The molecule has 2 aromatic rings. The first-order valence-electron chi connectivity index (χ1n) is 5.11. The van der Waals surface area contributed by atoms with E-state index < -0.39 is 17.3 Å². The summed E-state index contributed by atoms with van der Waals surface area (Å²) in [6, 6.07) is 3.33. The lowest BCUT2D eigenvalue weighted by Crippen LogP contribution is -2.23. The molecule has 0 atom stereocenters. The van der Waals surface area contributed by atoms with Crippen LogP contribution in [0.4, 0.5) is 13.2 Å². The van der Waals surface area contributed by atoms with E-state index in [2.05, 4.69) is 4.98 Å². The zero-order chi connectivity index (χ0) is 13.3. The van der Waals surface area contributed by atoms with Crippen molar-refractivity contribution in [3.63, 3.8) is 0 Å². The quantitative estimate of drug-likeness (QED) is 0.886. The summed E-state index contributed by atoms with van der Waals surface area (Å²) >= 11 is 0. The summed E-state index contributed by atoms with van der Waals surface area (Å²) in [4.78, 5) is 15.5. The highest BCUT2D eigenvalue weighted by molar-refractivity contribution is 5.81. The predicted molar refractivity (Wildman–Crippen MR) is 58.1 cm³/mol. The molecule has 0 spiro atoms. The summed E-state index contributed by atoms with van der Waals surface area (Å²) < 4.78 is 39.2. The molecule has 0 saturated carbocycles. The topological polar surface area (TPSA) is 55.1 Å². The third-order valence-electron chi connectivity index (χ3n) is 2.50. The molecule has 0 amide bonds. The highest BCUT2D eigenvalue weighted by atomic mass is 19.4. The zero-order valence-corrected chi connectivity index (χ0v) is 9.11. The third-order valence-corrected chi connectivity index (χ3v) is 2.50. The average molecular weight is 258 g/mol. The number of benzene rings is 1. The number of hydrogen-bond donors (Lipinski definition) is 1. The molecule has 4 nitrogen and oxygen atoms in total. The van der Waals surface area contributed by atoms with Gasteiger partial charge in [-0.3, -0.25) is 9.36 Å². The van der Waals surface area contributed by atoms with Crippen molar-refractivity contribution in [3.05, 3.63) is 40.4 Å². The minimum Gasteiger partial charge on any atom is -0.395 e. The number of alkyl halides is 3. The molecule has 1 aromatic heterocycles. The van der Waals surface area contributed by atoms with E-state index in [1.165, 1.54) is 6.07 Å². The molecule has 0 radical (unpaired) electrons. The van der Waals surface area contributed by atoms with Crippen molar-refractivity contribution in [1.82, 2.24) is 9.55 Å². The van der Waals surface area contributed by atoms with Crippen LogP contribution in [0, 0.1) is 0 Å². The monoisotopic (exact) mass is 258 g/mol. The summed E-state index contributed by atoms with van der Waals surface area (Å²) in [5.74, 6) is 0. The van der Waals surface area contributed by atoms with Gasteiger partial charge in [-0.2, -0.15) is 13.2 Å². The van der Waals surface area contributed by atoms with Crippen molar-refractivity contribution >= 4 is 10.9 Å². The van der Waals surface area contributed by atoms with Crippen LogP contribution in [0.15, 0.2) is 29.3 Å². The maximum atomic E-state index is 12.7. The molecular weight excluding hydrogens is 249 g/mol. The second-order valence-corrected chi connectivity index (χ2v) is 3.67. The minimum atomic E-state index is -4.55. The fourth-order valence-corrected chi connectivity index (χ4v) is 1.69. The molecule has 2 rings (SSSR count). The molecule has 0 bridgehead atoms. The van der Waals surface area contributed by atoms with Gasteiger partial charge in [0, 0.05) is 0 Å². The standard InChI is InChI=1S/C11H9F3N2O2/c12-11(13,14)8-3-1-2-7-9(8)15-6-16(4-5-17)10(7)18/h1-3,6,17H,4-5H2. The largest absolute Gasteiger partial charge is 0.418 e.